The average molecular weight is 525 g/mol. The zero-order valence-corrected chi connectivity index (χ0v) is 21.5. The van der Waals surface area contributed by atoms with Crippen molar-refractivity contribution in [2.45, 2.75) is 25.1 Å². The molecular weight excluding hydrogens is 497 g/mol. The van der Waals surface area contributed by atoms with Crippen molar-refractivity contribution in [3.05, 3.63) is 93.5 Å². The fourth-order valence-electron chi connectivity index (χ4n) is 4.58. The Morgan fingerprint density at radius 3 is 2.42 bits per heavy atom. The number of benzene rings is 3. The van der Waals surface area contributed by atoms with Crippen LogP contribution in [0, 0.1) is 11.3 Å². The van der Waals surface area contributed by atoms with Gasteiger partial charge in [-0.3, -0.25) is 4.90 Å². The van der Waals surface area contributed by atoms with Gasteiger partial charge in [-0.15, -0.1) is 0 Å². The summed E-state index contributed by atoms with van der Waals surface area (Å²) >= 11 is 12.9. The SMILES string of the molecule is C[C@H]([O-])COc1ccc(N2CCN([C@H](CO)c3ccc(C#N)cc3)C[C@H]2c2ccc(Cl)cc2)c(Cl)c1. The lowest BCUT2D eigenvalue weighted by atomic mass is 9.97. The number of aliphatic hydroxyl groups is 1. The van der Waals surface area contributed by atoms with Crippen molar-refractivity contribution in [1.82, 2.24) is 4.90 Å². The Balaban J connectivity index is 1.63. The molecule has 1 N–H and O–H groups in total. The van der Waals surface area contributed by atoms with Gasteiger partial charge in [0.05, 0.1) is 47.6 Å². The number of rotatable bonds is 8. The third-order valence-electron chi connectivity index (χ3n) is 6.42. The van der Waals surface area contributed by atoms with Crippen LogP contribution in [-0.2, 0) is 0 Å². The molecule has 1 aliphatic heterocycles. The molecule has 0 aliphatic carbocycles. The summed E-state index contributed by atoms with van der Waals surface area (Å²) < 4.78 is 5.56. The number of anilines is 1. The lowest BCUT2D eigenvalue weighted by Gasteiger charge is -2.46. The first-order chi connectivity index (χ1) is 17.4. The Kier molecular flexibility index (Phi) is 8.73. The van der Waals surface area contributed by atoms with E-state index in [0.29, 0.717) is 41.0 Å². The Bertz CT molecular complexity index is 1200. The molecule has 0 saturated carbocycles. The number of halogens is 2. The Labute approximate surface area is 221 Å². The summed E-state index contributed by atoms with van der Waals surface area (Å²) in [6.07, 6.45) is -0.818. The summed E-state index contributed by atoms with van der Waals surface area (Å²) in [5.41, 5.74) is 3.51. The van der Waals surface area contributed by atoms with Gasteiger partial charge in [0.15, 0.2) is 0 Å². The summed E-state index contributed by atoms with van der Waals surface area (Å²) in [5, 5.41) is 32.0. The van der Waals surface area contributed by atoms with Gasteiger partial charge >= 0.3 is 0 Å². The van der Waals surface area contributed by atoms with Gasteiger partial charge < -0.3 is 19.8 Å². The fourth-order valence-corrected chi connectivity index (χ4v) is 4.99. The summed E-state index contributed by atoms with van der Waals surface area (Å²) in [5.74, 6) is 0.564. The molecule has 1 fully saturated rings. The average Bonchev–Trinajstić information content (AvgIpc) is 2.89. The van der Waals surface area contributed by atoms with Crippen LogP contribution in [0.5, 0.6) is 5.75 Å². The van der Waals surface area contributed by atoms with Gasteiger partial charge in [0.1, 0.15) is 5.75 Å². The molecule has 0 amide bonds. The van der Waals surface area contributed by atoms with E-state index in [1.54, 1.807) is 25.1 Å². The quantitative estimate of drug-likeness (QED) is 0.464. The second-order valence-electron chi connectivity index (χ2n) is 8.92. The first kappa shape index (κ1) is 26.3. The number of ether oxygens (including phenoxy) is 1. The Morgan fingerprint density at radius 2 is 1.81 bits per heavy atom. The molecule has 0 spiro atoms. The zero-order chi connectivity index (χ0) is 25.7. The van der Waals surface area contributed by atoms with Crippen molar-refractivity contribution < 1.29 is 14.9 Å². The number of nitriles is 1. The molecule has 0 unspecified atom stereocenters. The smallest absolute Gasteiger partial charge is 0.120 e. The van der Waals surface area contributed by atoms with E-state index in [0.717, 1.165) is 16.8 Å². The van der Waals surface area contributed by atoms with E-state index < -0.39 is 6.10 Å². The third kappa shape index (κ3) is 6.12. The minimum absolute atomic E-state index is 0.0375. The molecule has 1 aliphatic rings. The minimum atomic E-state index is -0.818. The van der Waals surface area contributed by atoms with Crippen LogP contribution in [0.3, 0.4) is 0 Å². The zero-order valence-electron chi connectivity index (χ0n) is 20.0. The maximum absolute atomic E-state index is 11.4. The predicted octanol–water partition coefficient (Wildman–Crippen LogP) is 4.59. The van der Waals surface area contributed by atoms with Crippen LogP contribution in [0.15, 0.2) is 66.7 Å². The van der Waals surface area contributed by atoms with Crippen molar-refractivity contribution in [3.63, 3.8) is 0 Å². The molecule has 6 nitrogen and oxygen atoms in total. The molecule has 0 radical (unpaired) electrons. The van der Waals surface area contributed by atoms with Gasteiger partial charge in [-0.05, 0) is 47.5 Å². The molecule has 4 rings (SSSR count). The fraction of sp³-hybridized carbons (Fsp3) is 0.321. The van der Waals surface area contributed by atoms with E-state index in [2.05, 4.69) is 15.9 Å². The maximum atomic E-state index is 11.4. The monoisotopic (exact) mass is 524 g/mol. The molecule has 3 aromatic carbocycles. The number of hydrogen-bond donors (Lipinski definition) is 1. The lowest BCUT2D eigenvalue weighted by Crippen LogP contribution is -2.50. The third-order valence-corrected chi connectivity index (χ3v) is 6.97. The van der Waals surface area contributed by atoms with Crippen LogP contribution < -0.4 is 14.7 Å². The molecule has 3 aromatic rings. The highest BCUT2D eigenvalue weighted by Crippen LogP contribution is 2.39. The van der Waals surface area contributed by atoms with Gasteiger partial charge in [0.25, 0.3) is 0 Å². The van der Waals surface area contributed by atoms with Gasteiger partial charge in [0, 0.05) is 30.7 Å². The van der Waals surface area contributed by atoms with Gasteiger partial charge in [-0.2, -0.15) is 5.26 Å². The second kappa shape index (κ2) is 12.0. The molecule has 1 saturated heterocycles. The lowest BCUT2D eigenvalue weighted by molar-refractivity contribution is -0.417. The van der Waals surface area contributed by atoms with E-state index in [1.807, 2.05) is 48.5 Å². The van der Waals surface area contributed by atoms with Crippen LogP contribution in [0.1, 0.15) is 35.7 Å². The molecule has 8 heteroatoms. The molecule has 1 heterocycles. The topological polar surface area (TPSA) is 82.8 Å². The maximum Gasteiger partial charge on any atom is 0.120 e. The summed E-state index contributed by atoms with van der Waals surface area (Å²) in [7, 11) is 0. The molecule has 36 heavy (non-hydrogen) atoms. The highest BCUT2D eigenvalue weighted by Gasteiger charge is 2.33. The summed E-state index contributed by atoms with van der Waals surface area (Å²) in [6, 6.07) is 22.6. The Hall–Kier alpha value is -2.79. The minimum Gasteiger partial charge on any atom is -0.850 e. The van der Waals surface area contributed by atoms with E-state index >= 15 is 0 Å². The molecule has 3 atom stereocenters. The van der Waals surface area contributed by atoms with Crippen molar-refractivity contribution in [2.75, 3.05) is 37.7 Å². The van der Waals surface area contributed by atoms with E-state index in [-0.39, 0.29) is 25.3 Å². The van der Waals surface area contributed by atoms with Crippen molar-refractivity contribution in [1.29, 1.82) is 5.26 Å². The van der Waals surface area contributed by atoms with Crippen LogP contribution in [0.25, 0.3) is 0 Å². The van der Waals surface area contributed by atoms with Crippen LogP contribution in [0.2, 0.25) is 10.0 Å². The molecule has 0 bridgehead atoms. The standard InChI is InChI=1S/C28H28Cl2N3O3/c1-19(35)18-36-24-10-11-26(25(30)14-24)33-13-12-32(16-27(33)21-6-8-23(29)9-7-21)28(17-34)22-4-2-20(15-31)3-5-22/h2-11,14,19,27-28,34H,12-13,16-18H2,1H3/q-1/t19-,27-,28+/m0/s1. The molecule has 188 valence electrons. The van der Waals surface area contributed by atoms with Gasteiger partial charge in [-0.1, -0.05) is 60.5 Å². The normalized spacial score (nSPS) is 17.9. The van der Waals surface area contributed by atoms with Crippen LogP contribution >= 0.6 is 23.2 Å². The Morgan fingerprint density at radius 1 is 1.08 bits per heavy atom. The van der Waals surface area contributed by atoms with E-state index in [4.69, 9.17) is 33.2 Å². The first-order valence-electron chi connectivity index (χ1n) is 11.8. The number of piperazine rings is 1. The molecular formula is C28H28Cl2N3O3-. The van der Waals surface area contributed by atoms with Crippen molar-refractivity contribution in [3.8, 4) is 11.8 Å². The van der Waals surface area contributed by atoms with Crippen LogP contribution in [0.4, 0.5) is 5.69 Å². The number of hydrogen-bond acceptors (Lipinski definition) is 6. The van der Waals surface area contributed by atoms with Gasteiger partial charge in [0.2, 0.25) is 0 Å². The molecule has 0 aromatic heterocycles. The van der Waals surface area contributed by atoms with Crippen LogP contribution in [-0.4, -0.2) is 49.0 Å². The van der Waals surface area contributed by atoms with Gasteiger partial charge in [-0.25, -0.2) is 0 Å². The number of aliphatic hydroxyl groups excluding tert-OH is 1. The highest BCUT2D eigenvalue weighted by molar-refractivity contribution is 6.33. The van der Waals surface area contributed by atoms with E-state index in [1.165, 1.54) is 0 Å². The second-order valence-corrected chi connectivity index (χ2v) is 9.77. The van der Waals surface area contributed by atoms with Crippen molar-refractivity contribution >= 4 is 28.9 Å². The van der Waals surface area contributed by atoms with E-state index in [9.17, 15) is 10.2 Å². The summed E-state index contributed by atoms with van der Waals surface area (Å²) in [6.45, 7) is 3.64. The largest absolute Gasteiger partial charge is 0.850 e. The summed E-state index contributed by atoms with van der Waals surface area (Å²) in [4.78, 5) is 4.52. The first-order valence-corrected chi connectivity index (χ1v) is 12.6. The predicted molar refractivity (Wildman–Crippen MR) is 141 cm³/mol. The highest BCUT2D eigenvalue weighted by atomic mass is 35.5. The van der Waals surface area contributed by atoms with Crippen molar-refractivity contribution in [2.24, 2.45) is 0 Å². The number of nitrogens with zero attached hydrogens (tertiary/aromatic N) is 3.